The molecule has 1 aromatic rings. The summed E-state index contributed by atoms with van der Waals surface area (Å²) in [6.45, 7) is 7.00. The van der Waals surface area contributed by atoms with Crippen molar-refractivity contribution in [1.29, 1.82) is 5.26 Å². The van der Waals surface area contributed by atoms with E-state index in [0.717, 1.165) is 32.7 Å². The lowest BCUT2D eigenvalue weighted by Crippen LogP contribution is -2.48. The largest absolute Gasteiger partial charge is 0.297 e. The third-order valence-electron chi connectivity index (χ3n) is 3.30. The monoisotopic (exact) mass is 230 g/mol. The van der Waals surface area contributed by atoms with Gasteiger partial charge in [0.15, 0.2) is 0 Å². The van der Waals surface area contributed by atoms with Gasteiger partial charge in [-0.25, -0.2) is 0 Å². The lowest BCUT2D eigenvalue weighted by Gasteiger charge is -2.35. The van der Waals surface area contributed by atoms with Gasteiger partial charge in [0.25, 0.3) is 0 Å². The molecular weight excluding hydrogens is 212 g/mol. The van der Waals surface area contributed by atoms with E-state index < -0.39 is 0 Å². The van der Waals surface area contributed by atoms with Gasteiger partial charge in [0.2, 0.25) is 0 Å². The Hall–Kier alpha value is -1.44. The molecule has 17 heavy (non-hydrogen) atoms. The maximum Gasteiger partial charge on any atom is 0.0950 e. The van der Waals surface area contributed by atoms with Crippen molar-refractivity contribution >= 4 is 0 Å². The number of aromatic nitrogens is 1. The van der Waals surface area contributed by atoms with Gasteiger partial charge in [0.05, 0.1) is 12.1 Å². The third-order valence-corrected chi connectivity index (χ3v) is 3.30. The molecule has 4 heteroatoms. The Kier molecular flexibility index (Phi) is 4.08. The maximum atomic E-state index is 8.88. The lowest BCUT2D eigenvalue weighted by atomic mass is 10.2. The summed E-state index contributed by atoms with van der Waals surface area (Å²) in [6, 6.07) is 6.46. The molecule has 0 amide bonds. The molecule has 0 aromatic carbocycles. The minimum absolute atomic E-state index is 0.0399. The minimum Gasteiger partial charge on any atom is -0.297 e. The number of piperazine rings is 1. The predicted octanol–water partition coefficient (Wildman–Crippen LogP) is 1.11. The Morgan fingerprint density at radius 1 is 1.29 bits per heavy atom. The Labute approximate surface area is 102 Å². The van der Waals surface area contributed by atoms with Crippen molar-refractivity contribution in [2.75, 3.05) is 26.2 Å². The van der Waals surface area contributed by atoms with Crippen molar-refractivity contribution in [1.82, 2.24) is 14.8 Å². The molecule has 0 aliphatic carbocycles. The van der Waals surface area contributed by atoms with Crippen molar-refractivity contribution in [2.24, 2.45) is 0 Å². The number of nitriles is 1. The average molecular weight is 230 g/mol. The van der Waals surface area contributed by atoms with Gasteiger partial charge in [-0.3, -0.25) is 14.8 Å². The zero-order valence-corrected chi connectivity index (χ0v) is 10.2. The average Bonchev–Trinajstić information content (AvgIpc) is 2.40. The van der Waals surface area contributed by atoms with Crippen molar-refractivity contribution in [2.45, 2.75) is 19.5 Å². The van der Waals surface area contributed by atoms with E-state index in [9.17, 15) is 0 Å². The van der Waals surface area contributed by atoms with Crippen LogP contribution in [-0.4, -0.2) is 47.0 Å². The van der Waals surface area contributed by atoms with E-state index in [-0.39, 0.29) is 6.04 Å². The first-order valence-corrected chi connectivity index (χ1v) is 6.04. The number of pyridine rings is 1. The molecule has 0 N–H and O–H groups in total. The van der Waals surface area contributed by atoms with Crippen LogP contribution in [0.1, 0.15) is 12.5 Å². The van der Waals surface area contributed by atoms with Gasteiger partial charge in [-0.2, -0.15) is 5.26 Å². The molecule has 0 spiro atoms. The second-order valence-electron chi connectivity index (χ2n) is 4.47. The molecule has 1 saturated heterocycles. The smallest absolute Gasteiger partial charge is 0.0950 e. The van der Waals surface area contributed by atoms with Crippen LogP contribution in [-0.2, 0) is 6.54 Å². The molecule has 1 fully saturated rings. The fraction of sp³-hybridized carbons (Fsp3) is 0.538. The molecule has 1 aliphatic heterocycles. The van der Waals surface area contributed by atoms with Gasteiger partial charge >= 0.3 is 0 Å². The topological polar surface area (TPSA) is 43.2 Å². The van der Waals surface area contributed by atoms with Gasteiger partial charge in [0.1, 0.15) is 0 Å². The van der Waals surface area contributed by atoms with Gasteiger partial charge in [0, 0.05) is 45.1 Å². The molecule has 4 nitrogen and oxygen atoms in total. The van der Waals surface area contributed by atoms with Crippen LogP contribution < -0.4 is 0 Å². The Morgan fingerprint density at radius 3 is 2.53 bits per heavy atom. The fourth-order valence-corrected chi connectivity index (χ4v) is 2.14. The highest BCUT2D eigenvalue weighted by Gasteiger charge is 2.20. The fourth-order valence-electron chi connectivity index (χ4n) is 2.14. The van der Waals surface area contributed by atoms with Crippen molar-refractivity contribution in [3.63, 3.8) is 0 Å². The first-order chi connectivity index (χ1) is 8.29. The van der Waals surface area contributed by atoms with E-state index in [4.69, 9.17) is 5.26 Å². The highest BCUT2D eigenvalue weighted by molar-refractivity contribution is 5.09. The minimum atomic E-state index is 0.0399. The summed E-state index contributed by atoms with van der Waals surface area (Å²) in [5.74, 6) is 0. The van der Waals surface area contributed by atoms with E-state index in [2.05, 4.69) is 33.0 Å². The van der Waals surface area contributed by atoms with E-state index >= 15 is 0 Å². The molecule has 1 unspecified atom stereocenters. The zero-order chi connectivity index (χ0) is 12.1. The van der Waals surface area contributed by atoms with E-state index in [1.807, 2.05) is 19.3 Å². The van der Waals surface area contributed by atoms with E-state index in [1.54, 1.807) is 0 Å². The summed E-state index contributed by atoms with van der Waals surface area (Å²) < 4.78 is 0. The van der Waals surface area contributed by atoms with Crippen molar-refractivity contribution < 1.29 is 0 Å². The maximum absolute atomic E-state index is 8.88. The van der Waals surface area contributed by atoms with Crippen LogP contribution >= 0.6 is 0 Å². The van der Waals surface area contributed by atoms with Crippen LogP contribution in [0.15, 0.2) is 24.5 Å². The number of nitrogens with zero attached hydrogens (tertiary/aromatic N) is 4. The van der Waals surface area contributed by atoms with Gasteiger partial charge in [-0.1, -0.05) is 0 Å². The van der Waals surface area contributed by atoms with Crippen LogP contribution in [0.3, 0.4) is 0 Å². The second kappa shape index (κ2) is 5.76. The molecule has 1 atom stereocenters. The van der Waals surface area contributed by atoms with E-state index in [0.29, 0.717) is 0 Å². The SMILES string of the molecule is CC(C#N)N1CCN(Cc2ccncc2)CC1. The van der Waals surface area contributed by atoms with Crippen LogP contribution in [0, 0.1) is 11.3 Å². The lowest BCUT2D eigenvalue weighted by molar-refractivity contribution is 0.114. The van der Waals surface area contributed by atoms with E-state index in [1.165, 1.54) is 5.56 Å². The summed E-state index contributed by atoms with van der Waals surface area (Å²) in [5.41, 5.74) is 1.31. The second-order valence-corrected chi connectivity index (χ2v) is 4.47. The van der Waals surface area contributed by atoms with Crippen LogP contribution in [0.4, 0.5) is 0 Å². The normalized spacial score (nSPS) is 19.8. The Morgan fingerprint density at radius 2 is 1.94 bits per heavy atom. The summed E-state index contributed by atoms with van der Waals surface area (Å²) in [4.78, 5) is 8.69. The Balaban J connectivity index is 1.82. The van der Waals surface area contributed by atoms with Crippen molar-refractivity contribution in [3.05, 3.63) is 30.1 Å². The molecule has 0 bridgehead atoms. The number of rotatable bonds is 3. The standard InChI is InChI=1S/C13H18N4/c1-12(10-14)17-8-6-16(7-9-17)11-13-2-4-15-5-3-13/h2-5,12H,6-9,11H2,1H3. The summed E-state index contributed by atoms with van der Waals surface area (Å²) in [5, 5.41) is 8.88. The third kappa shape index (κ3) is 3.26. The van der Waals surface area contributed by atoms with Gasteiger partial charge in [-0.15, -0.1) is 0 Å². The number of hydrogen-bond donors (Lipinski definition) is 0. The zero-order valence-electron chi connectivity index (χ0n) is 10.2. The summed E-state index contributed by atoms with van der Waals surface area (Å²) in [7, 11) is 0. The molecular formula is C13H18N4. The molecule has 1 aromatic heterocycles. The number of hydrogen-bond acceptors (Lipinski definition) is 4. The molecule has 0 radical (unpaired) electrons. The molecule has 0 saturated carbocycles. The van der Waals surface area contributed by atoms with Gasteiger partial charge < -0.3 is 0 Å². The molecule has 2 rings (SSSR count). The van der Waals surface area contributed by atoms with Crippen LogP contribution in [0.5, 0.6) is 0 Å². The Bertz CT molecular complexity index is 376. The summed E-state index contributed by atoms with van der Waals surface area (Å²) >= 11 is 0. The molecule has 1 aliphatic rings. The summed E-state index contributed by atoms with van der Waals surface area (Å²) in [6.07, 6.45) is 3.67. The van der Waals surface area contributed by atoms with Crippen LogP contribution in [0.2, 0.25) is 0 Å². The highest BCUT2D eigenvalue weighted by Crippen LogP contribution is 2.09. The van der Waals surface area contributed by atoms with Gasteiger partial charge in [-0.05, 0) is 24.6 Å². The van der Waals surface area contributed by atoms with Crippen LogP contribution in [0.25, 0.3) is 0 Å². The molecule has 90 valence electrons. The first-order valence-electron chi connectivity index (χ1n) is 6.04. The highest BCUT2D eigenvalue weighted by atomic mass is 15.3. The van der Waals surface area contributed by atoms with Crippen molar-refractivity contribution in [3.8, 4) is 6.07 Å². The predicted molar refractivity (Wildman–Crippen MR) is 66.2 cm³/mol. The molecule has 2 heterocycles. The quantitative estimate of drug-likeness (QED) is 0.780. The first kappa shape index (κ1) is 12.0.